The van der Waals surface area contributed by atoms with Gasteiger partial charge in [0.1, 0.15) is 11.5 Å². The highest BCUT2D eigenvalue weighted by Gasteiger charge is 2.25. The van der Waals surface area contributed by atoms with Gasteiger partial charge in [-0.3, -0.25) is 0 Å². The van der Waals surface area contributed by atoms with Crippen molar-refractivity contribution in [2.45, 2.75) is 59.3 Å². The average molecular weight is 251 g/mol. The second-order valence-corrected chi connectivity index (χ2v) is 5.70. The summed E-state index contributed by atoms with van der Waals surface area (Å²) < 4.78 is 11.6. The Morgan fingerprint density at radius 1 is 1.33 bits per heavy atom. The maximum Gasteiger partial charge on any atom is 0.118 e. The van der Waals surface area contributed by atoms with Gasteiger partial charge < -0.3 is 14.9 Å². The van der Waals surface area contributed by atoms with Gasteiger partial charge in [0.25, 0.3) is 0 Å². The molecular weight excluding hydrogens is 226 g/mol. The van der Waals surface area contributed by atoms with Crippen LogP contribution in [0.4, 0.5) is 0 Å². The smallest absolute Gasteiger partial charge is 0.118 e. The van der Waals surface area contributed by atoms with Gasteiger partial charge in [0.15, 0.2) is 0 Å². The summed E-state index contributed by atoms with van der Waals surface area (Å²) in [5.41, 5.74) is 6.71. The van der Waals surface area contributed by atoms with E-state index in [2.05, 4.69) is 13.8 Å². The summed E-state index contributed by atoms with van der Waals surface area (Å²) in [7, 11) is 0. The Kier molecular flexibility index (Phi) is 4.46. The minimum absolute atomic E-state index is 0.409. The third-order valence-corrected chi connectivity index (χ3v) is 4.30. The second-order valence-electron chi connectivity index (χ2n) is 5.70. The number of rotatable bonds is 4. The first-order valence-corrected chi connectivity index (χ1v) is 7.00. The molecule has 1 aliphatic rings. The van der Waals surface area contributed by atoms with E-state index in [0.29, 0.717) is 19.3 Å². The van der Waals surface area contributed by atoms with Gasteiger partial charge in [-0.15, -0.1) is 0 Å². The summed E-state index contributed by atoms with van der Waals surface area (Å²) in [6, 6.07) is 2.02. The van der Waals surface area contributed by atoms with Gasteiger partial charge in [0, 0.05) is 5.56 Å². The maximum atomic E-state index is 6.03. The molecule has 0 bridgehead atoms. The van der Waals surface area contributed by atoms with E-state index in [0.717, 1.165) is 28.9 Å². The molecule has 2 N–H and O–H groups in total. The zero-order valence-electron chi connectivity index (χ0n) is 11.7. The quantitative estimate of drug-likeness (QED) is 0.892. The summed E-state index contributed by atoms with van der Waals surface area (Å²) in [5, 5.41) is 0. The number of hydrogen-bond donors (Lipinski definition) is 1. The van der Waals surface area contributed by atoms with Crippen molar-refractivity contribution in [2.75, 3.05) is 0 Å². The summed E-state index contributed by atoms with van der Waals surface area (Å²) in [6.45, 7) is 7.76. The SMILES string of the molecule is Cc1oc(CN)cc1COC1CCC(C)C(C)C1. The van der Waals surface area contributed by atoms with Gasteiger partial charge in [0.2, 0.25) is 0 Å². The summed E-state index contributed by atoms with van der Waals surface area (Å²) in [6.07, 6.45) is 4.06. The van der Waals surface area contributed by atoms with E-state index in [4.69, 9.17) is 14.9 Å². The third kappa shape index (κ3) is 3.15. The van der Waals surface area contributed by atoms with Crippen molar-refractivity contribution in [1.29, 1.82) is 0 Å². The van der Waals surface area contributed by atoms with Gasteiger partial charge >= 0.3 is 0 Å². The average Bonchev–Trinajstić information content (AvgIpc) is 2.72. The van der Waals surface area contributed by atoms with Gasteiger partial charge in [-0.1, -0.05) is 13.8 Å². The predicted octanol–water partition coefficient (Wildman–Crippen LogP) is 3.39. The monoisotopic (exact) mass is 251 g/mol. The molecule has 102 valence electrons. The van der Waals surface area contributed by atoms with Crippen LogP contribution in [-0.2, 0) is 17.9 Å². The molecule has 18 heavy (non-hydrogen) atoms. The first-order valence-electron chi connectivity index (χ1n) is 7.00. The lowest BCUT2D eigenvalue weighted by molar-refractivity contribution is -0.00784. The van der Waals surface area contributed by atoms with Crippen LogP contribution >= 0.6 is 0 Å². The van der Waals surface area contributed by atoms with Crippen LogP contribution in [0.25, 0.3) is 0 Å². The fourth-order valence-electron chi connectivity index (χ4n) is 2.69. The molecule has 3 heteroatoms. The summed E-state index contributed by atoms with van der Waals surface area (Å²) in [4.78, 5) is 0. The zero-order valence-corrected chi connectivity index (χ0v) is 11.7. The summed E-state index contributed by atoms with van der Waals surface area (Å²) >= 11 is 0. The Hall–Kier alpha value is -0.800. The molecule has 0 saturated heterocycles. The highest BCUT2D eigenvalue weighted by atomic mass is 16.5. The van der Waals surface area contributed by atoms with Crippen molar-refractivity contribution >= 4 is 0 Å². The van der Waals surface area contributed by atoms with Crippen LogP contribution in [-0.4, -0.2) is 6.10 Å². The lowest BCUT2D eigenvalue weighted by atomic mass is 9.80. The predicted molar refractivity (Wildman–Crippen MR) is 72.1 cm³/mol. The fraction of sp³-hybridized carbons (Fsp3) is 0.733. The van der Waals surface area contributed by atoms with Crippen LogP contribution in [0.2, 0.25) is 0 Å². The molecule has 3 nitrogen and oxygen atoms in total. The first kappa shape index (κ1) is 13.6. The third-order valence-electron chi connectivity index (χ3n) is 4.30. The molecule has 1 fully saturated rings. The van der Waals surface area contributed by atoms with Gasteiger partial charge in [-0.2, -0.15) is 0 Å². The Bertz CT molecular complexity index is 386. The number of aryl methyl sites for hydroxylation is 1. The molecule has 0 spiro atoms. The van der Waals surface area contributed by atoms with E-state index < -0.39 is 0 Å². The molecule has 0 radical (unpaired) electrons. The zero-order chi connectivity index (χ0) is 13.1. The molecule has 3 unspecified atom stereocenters. The Morgan fingerprint density at radius 2 is 2.11 bits per heavy atom. The molecule has 0 aliphatic heterocycles. The van der Waals surface area contributed by atoms with Crippen LogP contribution in [0.15, 0.2) is 10.5 Å². The van der Waals surface area contributed by atoms with E-state index in [1.165, 1.54) is 19.3 Å². The van der Waals surface area contributed by atoms with Crippen molar-refractivity contribution in [3.63, 3.8) is 0 Å². The lowest BCUT2D eigenvalue weighted by Crippen LogP contribution is -2.26. The molecule has 1 heterocycles. The molecule has 3 atom stereocenters. The molecule has 1 aliphatic carbocycles. The second kappa shape index (κ2) is 5.89. The standard InChI is InChI=1S/C15H25NO2/c1-10-4-5-14(6-11(10)2)17-9-13-7-15(8-16)18-12(13)3/h7,10-11,14H,4-6,8-9,16H2,1-3H3. The normalized spacial score (nSPS) is 28.6. The lowest BCUT2D eigenvalue weighted by Gasteiger charge is -2.31. The number of furan rings is 1. The van der Waals surface area contributed by atoms with Crippen LogP contribution < -0.4 is 5.73 Å². The highest BCUT2D eigenvalue weighted by molar-refractivity contribution is 5.19. The van der Waals surface area contributed by atoms with E-state index >= 15 is 0 Å². The van der Waals surface area contributed by atoms with Gasteiger partial charge in [0.05, 0.1) is 19.3 Å². The molecule has 0 aromatic carbocycles. The van der Waals surface area contributed by atoms with Crippen molar-refractivity contribution in [3.8, 4) is 0 Å². The van der Waals surface area contributed by atoms with Crippen molar-refractivity contribution in [2.24, 2.45) is 17.6 Å². The summed E-state index contributed by atoms with van der Waals surface area (Å²) in [5.74, 6) is 3.39. The largest absolute Gasteiger partial charge is 0.465 e. The topological polar surface area (TPSA) is 48.4 Å². The number of ether oxygens (including phenoxy) is 1. The van der Waals surface area contributed by atoms with Crippen molar-refractivity contribution < 1.29 is 9.15 Å². The minimum atomic E-state index is 0.409. The van der Waals surface area contributed by atoms with Crippen LogP contribution in [0.1, 0.15) is 50.2 Å². The Balaban J connectivity index is 1.85. The number of hydrogen-bond acceptors (Lipinski definition) is 3. The molecule has 1 saturated carbocycles. The number of nitrogens with two attached hydrogens (primary N) is 1. The van der Waals surface area contributed by atoms with Crippen molar-refractivity contribution in [1.82, 2.24) is 0 Å². The van der Waals surface area contributed by atoms with Crippen molar-refractivity contribution in [3.05, 3.63) is 23.2 Å². The minimum Gasteiger partial charge on any atom is -0.465 e. The van der Waals surface area contributed by atoms with Crippen LogP contribution in [0.5, 0.6) is 0 Å². The molecule has 0 amide bonds. The van der Waals surface area contributed by atoms with E-state index in [1.54, 1.807) is 0 Å². The van der Waals surface area contributed by atoms with Gasteiger partial charge in [-0.25, -0.2) is 0 Å². The van der Waals surface area contributed by atoms with Crippen LogP contribution in [0.3, 0.4) is 0 Å². The van der Waals surface area contributed by atoms with E-state index in [1.807, 2.05) is 13.0 Å². The molecular formula is C15H25NO2. The fourth-order valence-corrected chi connectivity index (χ4v) is 2.69. The molecule has 2 rings (SSSR count). The maximum absolute atomic E-state index is 6.03. The molecule has 1 aromatic heterocycles. The Morgan fingerprint density at radius 3 is 2.72 bits per heavy atom. The Labute approximate surface area is 110 Å². The highest BCUT2D eigenvalue weighted by Crippen LogP contribution is 2.31. The van der Waals surface area contributed by atoms with Crippen LogP contribution in [0, 0.1) is 18.8 Å². The van der Waals surface area contributed by atoms with Gasteiger partial charge in [-0.05, 0) is 44.1 Å². The first-order chi connectivity index (χ1) is 8.60. The molecule has 1 aromatic rings. The van der Waals surface area contributed by atoms with E-state index in [9.17, 15) is 0 Å². The van der Waals surface area contributed by atoms with E-state index in [-0.39, 0.29) is 0 Å².